The van der Waals surface area contributed by atoms with Crippen LogP contribution in [0.15, 0.2) is 0 Å². The Hall–Kier alpha value is -0.0800. The summed E-state index contributed by atoms with van der Waals surface area (Å²) >= 11 is 0. The number of nitrogens with one attached hydrogen (secondary N) is 2. The Bertz CT molecular complexity index is 211. The van der Waals surface area contributed by atoms with Crippen LogP contribution in [0.5, 0.6) is 0 Å². The van der Waals surface area contributed by atoms with Crippen LogP contribution in [0.3, 0.4) is 0 Å². The van der Waals surface area contributed by atoms with Gasteiger partial charge in [-0.3, -0.25) is 0 Å². The summed E-state index contributed by atoms with van der Waals surface area (Å²) in [5.74, 6) is 0. The molecule has 18 heavy (non-hydrogen) atoms. The Morgan fingerprint density at radius 1 is 0.611 bits per heavy atom. The van der Waals surface area contributed by atoms with Crippen LogP contribution in [0.25, 0.3) is 0 Å². The van der Waals surface area contributed by atoms with Crippen molar-refractivity contribution in [2.75, 3.05) is 13.1 Å². The lowest BCUT2D eigenvalue weighted by Gasteiger charge is -2.37. The molecule has 0 unspecified atom stereocenters. The SMILES string of the molecule is CC1(NCCNC2(C)CCCCC2)CCCCC1. The van der Waals surface area contributed by atoms with Gasteiger partial charge in [0.1, 0.15) is 0 Å². The van der Waals surface area contributed by atoms with Crippen LogP contribution in [-0.4, -0.2) is 24.2 Å². The summed E-state index contributed by atoms with van der Waals surface area (Å²) in [6, 6.07) is 0. The molecule has 0 aromatic carbocycles. The molecule has 0 amide bonds. The predicted octanol–water partition coefficient (Wildman–Crippen LogP) is 3.61. The van der Waals surface area contributed by atoms with Crippen LogP contribution >= 0.6 is 0 Å². The topological polar surface area (TPSA) is 24.1 Å². The van der Waals surface area contributed by atoms with E-state index in [0.717, 1.165) is 13.1 Å². The van der Waals surface area contributed by atoms with Gasteiger partial charge in [-0.25, -0.2) is 0 Å². The molecule has 0 heterocycles. The third-order valence-corrected chi connectivity index (χ3v) is 5.14. The minimum Gasteiger partial charge on any atom is -0.310 e. The lowest BCUT2D eigenvalue weighted by Crippen LogP contribution is -2.50. The zero-order valence-electron chi connectivity index (χ0n) is 12.5. The third-order valence-electron chi connectivity index (χ3n) is 5.14. The van der Waals surface area contributed by atoms with E-state index in [2.05, 4.69) is 24.5 Å². The smallest absolute Gasteiger partial charge is 0.0153 e. The van der Waals surface area contributed by atoms with E-state index in [1.54, 1.807) is 0 Å². The maximum atomic E-state index is 3.79. The van der Waals surface area contributed by atoms with Gasteiger partial charge in [0.05, 0.1) is 0 Å². The highest BCUT2D eigenvalue weighted by molar-refractivity contribution is 4.89. The van der Waals surface area contributed by atoms with E-state index in [1.807, 2.05) is 0 Å². The molecule has 2 nitrogen and oxygen atoms in total. The number of rotatable bonds is 5. The molecule has 2 saturated carbocycles. The van der Waals surface area contributed by atoms with Gasteiger partial charge in [0, 0.05) is 24.2 Å². The molecule has 0 aliphatic heterocycles. The standard InChI is InChI=1S/C16H32N2/c1-15(9-5-3-6-10-15)17-13-14-18-16(2)11-7-4-8-12-16/h17-18H,3-14H2,1-2H3. The molecule has 2 rings (SSSR count). The van der Waals surface area contributed by atoms with E-state index in [-0.39, 0.29) is 0 Å². The van der Waals surface area contributed by atoms with Crippen LogP contribution in [0.1, 0.15) is 78.1 Å². The average Bonchev–Trinajstić information content (AvgIpc) is 2.37. The van der Waals surface area contributed by atoms with Crippen LogP contribution in [-0.2, 0) is 0 Å². The van der Waals surface area contributed by atoms with Crippen LogP contribution in [0.2, 0.25) is 0 Å². The maximum Gasteiger partial charge on any atom is 0.0153 e. The fraction of sp³-hybridized carbons (Fsp3) is 1.00. The lowest BCUT2D eigenvalue weighted by atomic mass is 9.83. The van der Waals surface area contributed by atoms with Crippen molar-refractivity contribution in [2.24, 2.45) is 0 Å². The van der Waals surface area contributed by atoms with Crippen molar-refractivity contribution in [2.45, 2.75) is 89.1 Å². The number of hydrogen-bond donors (Lipinski definition) is 2. The average molecular weight is 252 g/mol. The molecule has 0 spiro atoms. The minimum absolute atomic E-state index is 0.424. The van der Waals surface area contributed by atoms with Crippen molar-refractivity contribution >= 4 is 0 Å². The fourth-order valence-electron chi connectivity index (χ4n) is 3.75. The second kappa shape index (κ2) is 6.38. The van der Waals surface area contributed by atoms with E-state index in [1.165, 1.54) is 64.2 Å². The summed E-state index contributed by atoms with van der Waals surface area (Å²) in [5, 5.41) is 7.58. The highest BCUT2D eigenvalue weighted by Crippen LogP contribution is 2.28. The summed E-state index contributed by atoms with van der Waals surface area (Å²) in [6.07, 6.45) is 14.0. The second-order valence-corrected chi connectivity index (χ2v) is 7.10. The zero-order valence-corrected chi connectivity index (χ0v) is 12.5. The molecular formula is C16H32N2. The zero-order chi connectivity index (χ0) is 12.9. The normalized spacial score (nSPS) is 27.0. The Morgan fingerprint density at radius 2 is 0.944 bits per heavy atom. The third kappa shape index (κ3) is 4.24. The summed E-state index contributed by atoms with van der Waals surface area (Å²) in [6.45, 7) is 7.08. The van der Waals surface area contributed by atoms with Crippen molar-refractivity contribution in [1.29, 1.82) is 0 Å². The van der Waals surface area contributed by atoms with Gasteiger partial charge < -0.3 is 10.6 Å². The highest BCUT2D eigenvalue weighted by atomic mass is 15.0. The Morgan fingerprint density at radius 3 is 1.28 bits per heavy atom. The maximum absolute atomic E-state index is 3.79. The molecule has 0 aromatic heterocycles. The minimum atomic E-state index is 0.424. The first kappa shape index (κ1) is 14.3. The van der Waals surface area contributed by atoms with Crippen LogP contribution < -0.4 is 10.6 Å². The highest BCUT2D eigenvalue weighted by Gasteiger charge is 2.27. The Balaban J connectivity index is 1.63. The molecule has 0 aromatic rings. The summed E-state index contributed by atoms with van der Waals surface area (Å²) in [7, 11) is 0. The summed E-state index contributed by atoms with van der Waals surface area (Å²) in [4.78, 5) is 0. The van der Waals surface area contributed by atoms with Gasteiger partial charge >= 0.3 is 0 Å². The van der Waals surface area contributed by atoms with Gasteiger partial charge in [-0.15, -0.1) is 0 Å². The van der Waals surface area contributed by atoms with Gasteiger partial charge in [0.2, 0.25) is 0 Å². The van der Waals surface area contributed by atoms with E-state index in [9.17, 15) is 0 Å². The van der Waals surface area contributed by atoms with Gasteiger partial charge in [-0.1, -0.05) is 38.5 Å². The van der Waals surface area contributed by atoms with E-state index in [4.69, 9.17) is 0 Å². The first-order valence-electron chi connectivity index (χ1n) is 8.12. The second-order valence-electron chi connectivity index (χ2n) is 7.10. The van der Waals surface area contributed by atoms with Crippen LogP contribution in [0.4, 0.5) is 0 Å². The molecular weight excluding hydrogens is 220 g/mol. The molecule has 106 valence electrons. The summed E-state index contributed by atoms with van der Waals surface area (Å²) < 4.78 is 0. The van der Waals surface area contributed by atoms with E-state index in [0.29, 0.717) is 11.1 Å². The predicted molar refractivity (Wildman–Crippen MR) is 79.0 cm³/mol. The van der Waals surface area contributed by atoms with Gasteiger partial charge in [-0.2, -0.15) is 0 Å². The number of hydrogen-bond acceptors (Lipinski definition) is 2. The Kier molecular flexibility index (Phi) is 5.08. The molecule has 2 N–H and O–H groups in total. The van der Waals surface area contributed by atoms with Crippen molar-refractivity contribution in [1.82, 2.24) is 10.6 Å². The molecule has 0 radical (unpaired) electrons. The molecule has 0 saturated heterocycles. The van der Waals surface area contributed by atoms with Crippen molar-refractivity contribution in [3.63, 3.8) is 0 Å². The monoisotopic (exact) mass is 252 g/mol. The Labute approximate surface area is 113 Å². The van der Waals surface area contributed by atoms with Crippen LogP contribution in [0, 0.1) is 0 Å². The largest absolute Gasteiger partial charge is 0.310 e. The van der Waals surface area contributed by atoms with Gasteiger partial charge in [0.15, 0.2) is 0 Å². The first-order valence-corrected chi connectivity index (χ1v) is 8.12. The lowest BCUT2D eigenvalue weighted by molar-refractivity contribution is 0.231. The molecule has 2 fully saturated rings. The molecule has 2 aliphatic carbocycles. The van der Waals surface area contributed by atoms with Crippen molar-refractivity contribution < 1.29 is 0 Å². The quantitative estimate of drug-likeness (QED) is 0.730. The van der Waals surface area contributed by atoms with Gasteiger partial charge in [-0.05, 0) is 39.5 Å². The fourth-order valence-corrected chi connectivity index (χ4v) is 3.75. The van der Waals surface area contributed by atoms with Crippen molar-refractivity contribution in [3.8, 4) is 0 Å². The molecule has 0 bridgehead atoms. The molecule has 2 aliphatic rings. The first-order chi connectivity index (χ1) is 8.62. The van der Waals surface area contributed by atoms with E-state index < -0.39 is 0 Å². The summed E-state index contributed by atoms with van der Waals surface area (Å²) in [5.41, 5.74) is 0.848. The van der Waals surface area contributed by atoms with Gasteiger partial charge in [0.25, 0.3) is 0 Å². The van der Waals surface area contributed by atoms with E-state index >= 15 is 0 Å². The molecule has 2 heteroatoms. The van der Waals surface area contributed by atoms with Crippen molar-refractivity contribution in [3.05, 3.63) is 0 Å². The molecule has 0 atom stereocenters.